The van der Waals surface area contributed by atoms with Gasteiger partial charge in [0.1, 0.15) is 12.4 Å². The maximum atomic E-state index is 12.2. The molecule has 1 N–H and O–H groups in total. The molecule has 4 heteroatoms. The van der Waals surface area contributed by atoms with E-state index < -0.39 is 0 Å². The molecule has 136 valence electrons. The molecule has 0 saturated heterocycles. The van der Waals surface area contributed by atoms with Crippen LogP contribution in [0.1, 0.15) is 41.6 Å². The van der Waals surface area contributed by atoms with Gasteiger partial charge in [0.05, 0.1) is 0 Å². The van der Waals surface area contributed by atoms with Crippen LogP contribution in [-0.2, 0) is 6.61 Å². The van der Waals surface area contributed by atoms with Crippen molar-refractivity contribution in [3.63, 3.8) is 0 Å². The molecule has 4 rings (SSSR count). The summed E-state index contributed by atoms with van der Waals surface area (Å²) in [7, 11) is 0. The number of hydrogen-bond donors (Lipinski definition) is 1. The van der Waals surface area contributed by atoms with Gasteiger partial charge in [-0.25, -0.2) is 5.43 Å². The van der Waals surface area contributed by atoms with Crippen LogP contribution in [0.5, 0.6) is 5.75 Å². The van der Waals surface area contributed by atoms with Crippen LogP contribution in [0.15, 0.2) is 71.8 Å². The number of carbonyl (C=O) groups is 1. The summed E-state index contributed by atoms with van der Waals surface area (Å²) in [6.07, 6.45) is 4.32. The molecule has 0 atom stereocenters. The Morgan fingerprint density at radius 1 is 0.926 bits per heavy atom. The van der Waals surface area contributed by atoms with Gasteiger partial charge in [0.15, 0.2) is 0 Å². The lowest BCUT2D eigenvalue weighted by atomic mass is 10.1. The standard InChI is InChI=1S/C23H22N2O2/c26-23(25-24-21-7-3-4-8-21)19-11-9-17(10-12-19)16-27-22-14-13-18-5-1-2-6-20(18)15-22/h1-2,5-6,9-15H,3-4,7-8,16H2,(H,25,26). The van der Waals surface area contributed by atoms with Crippen molar-refractivity contribution in [2.24, 2.45) is 5.10 Å². The number of hydrazone groups is 1. The fourth-order valence-electron chi connectivity index (χ4n) is 3.27. The van der Waals surface area contributed by atoms with Crippen molar-refractivity contribution >= 4 is 22.4 Å². The number of rotatable bonds is 5. The van der Waals surface area contributed by atoms with Crippen LogP contribution >= 0.6 is 0 Å². The van der Waals surface area contributed by atoms with Crippen LogP contribution in [0, 0.1) is 0 Å². The molecule has 1 aliphatic carbocycles. The minimum absolute atomic E-state index is 0.170. The molecule has 0 spiro atoms. The van der Waals surface area contributed by atoms with E-state index >= 15 is 0 Å². The highest BCUT2D eigenvalue weighted by molar-refractivity contribution is 5.95. The summed E-state index contributed by atoms with van der Waals surface area (Å²) in [5.74, 6) is 0.666. The smallest absolute Gasteiger partial charge is 0.271 e. The van der Waals surface area contributed by atoms with Gasteiger partial charge in [0, 0.05) is 11.3 Å². The number of amides is 1. The minimum Gasteiger partial charge on any atom is -0.489 e. The number of nitrogens with one attached hydrogen (secondary N) is 1. The Bertz CT molecular complexity index is 969. The van der Waals surface area contributed by atoms with E-state index in [4.69, 9.17) is 4.74 Å². The van der Waals surface area contributed by atoms with E-state index in [2.05, 4.69) is 28.7 Å². The molecular formula is C23H22N2O2. The lowest BCUT2D eigenvalue weighted by Crippen LogP contribution is -2.19. The second kappa shape index (κ2) is 8.04. The van der Waals surface area contributed by atoms with Crippen LogP contribution < -0.4 is 10.2 Å². The van der Waals surface area contributed by atoms with E-state index in [1.165, 1.54) is 18.2 Å². The predicted molar refractivity (Wildman–Crippen MR) is 108 cm³/mol. The molecule has 3 aromatic rings. The largest absolute Gasteiger partial charge is 0.489 e. The van der Waals surface area contributed by atoms with Gasteiger partial charge < -0.3 is 4.74 Å². The molecule has 1 fully saturated rings. The SMILES string of the molecule is O=C(NN=C1CCCC1)c1ccc(COc2ccc3ccccc3c2)cc1. The van der Waals surface area contributed by atoms with Crippen LogP contribution in [0.25, 0.3) is 10.8 Å². The Balaban J connectivity index is 1.35. The van der Waals surface area contributed by atoms with Crippen LogP contribution in [-0.4, -0.2) is 11.6 Å². The van der Waals surface area contributed by atoms with E-state index in [0.717, 1.165) is 35.3 Å². The average Bonchev–Trinajstić information content (AvgIpc) is 3.24. The maximum Gasteiger partial charge on any atom is 0.271 e. The lowest BCUT2D eigenvalue weighted by molar-refractivity contribution is 0.0954. The minimum atomic E-state index is -0.170. The third-order valence-corrected chi connectivity index (χ3v) is 4.84. The Morgan fingerprint density at radius 2 is 1.67 bits per heavy atom. The van der Waals surface area contributed by atoms with E-state index in [1.807, 2.05) is 48.5 Å². The van der Waals surface area contributed by atoms with Gasteiger partial charge >= 0.3 is 0 Å². The molecule has 0 radical (unpaired) electrons. The van der Waals surface area contributed by atoms with Crippen LogP contribution in [0.2, 0.25) is 0 Å². The van der Waals surface area contributed by atoms with Crippen molar-refractivity contribution < 1.29 is 9.53 Å². The van der Waals surface area contributed by atoms with Crippen molar-refractivity contribution in [1.82, 2.24) is 5.43 Å². The Kier molecular flexibility index (Phi) is 5.15. The third kappa shape index (κ3) is 4.34. The van der Waals surface area contributed by atoms with Gasteiger partial charge in [-0.2, -0.15) is 5.10 Å². The first kappa shape index (κ1) is 17.3. The van der Waals surface area contributed by atoms with Crippen molar-refractivity contribution in [1.29, 1.82) is 0 Å². The molecule has 0 unspecified atom stereocenters. The Labute approximate surface area is 158 Å². The molecule has 1 saturated carbocycles. The first-order valence-electron chi connectivity index (χ1n) is 9.34. The van der Waals surface area contributed by atoms with E-state index in [-0.39, 0.29) is 5.91 Å². The zero-order valence-electron chi connectivity index (χ0n) is 15.2. The molecule has 3 aromatic carbocycles. The van der Waals surface area contributed by atoms with Crippen molar-refractivity contribution in [2.45, 2.75) is 32.3 Å². The van der Waals surface area contributed by atoms with Gasteiger partial charge in [-0.3, -0.25) is 4.79 Å². The monoisotopic (exact) mass is 358 g/mol. The molecule has 1 amide bonds. The molecule has 0 heterocycles. The molecule has 0 aliphatic heterocycles. The van der Waals surface area contributed by atoms with Gasteiger partial charge in [0.2, 0.25) is 0 Å². The van der Waals surface area contributed by atoms with Crippen molar-refractivity contribution in [3.8, 4) is 5.75 Å². The quantitative estimate of drug-likeness (QED) is 0.647. The number of carbonyl (C=O) groups excluding carboxylic acids is 1. The number of ether oxygens (including phenoxy) is 1. The van der Waals surface area contributed by atoms with E-state index in [9.17, 15) is 4.79 Å². The second-order valence-corrected chi connectivity index (χ2v) is 6.82. The number of hydrogen-bond acceptors (Lipinski definition) is 3. The summed E-state index contributed by atoms with van der Waals surface area (Å²) >= 11 is 0. The Morgan fingerprint density at radius 3 is 2.44 bits per heavy atom. The summed E-state index contributed by atoms with van der Waals surface area (Å²) < 4.78 is 5.89. The van der Waals surface area contributed by atoms with E-state index in [0.29, 0.717) is 12.2 Å². The first-order chi connectivity index (χ1) is 13.3. The van der Waals surface area contributed by atoms with Gasteiger partial charge in [-0.1, -0.05) is 42.5 Å². The predicted octanol–water partition coefficient (Wildman–Crippen LogP) is 5.08. The highest BCUT2D eigenvalue weighted by Crippen LogP contribution is 2.21. The fourth-order valence-corrected chi connectivity index (χ4v) is 3.27. The summed E-state index contributed by atoms with van der Waals surface area (Å²) in [5, 5.41) is 6.57. The molecule has 4 nitrogen and oxygen atoms in total. The fraction of sp³-hybridized carbons (Fsp3) is 0.217. The lowest BCUT2D eigenvalue weighted by Gasteiger charge is -2.08. The molecule has 0 aromatic heterocycles. The van der Waals surface area contributed by atoms with Gasteiger partial charge in [0.25, 0.3) is 5.91 Å². The van der Waals surface area contributed by atoms with Gasteiger partial charge in [-0.15, -0.1) is 0 Å². The summed E-state index contributed by atoms with van der Waals surface area (Å²) in [5.41, 5.74) is 5.36. The first-order valence-corrected chi connectivity index (χ1v) is 9.34. The summed E-state index contributed by atoms with van der Waals surface area (Å²) in [6.45, 7) is 0.461. The number of fused-ring (bicyclic) bond motifs is 1. The summed E-state index contributed by atoms with van der Waals surface area (Å²) in [6, 6.07) is 21.7. The normalized spacial score (nSPS) is 13.6. The maximum absolute atomic E-state index is 12.2. The van der Waals surface area contributed by atoms with Gasteiger partial charge in [-0.05, 0) is 66.3 Å². The molecular weight excluding hydrogens is 336 g/mol. The summed E-state index contributed by atoms with van der Waals surface area (Å²) in [4.78, 5) is 12.2. The third-order valence-electron chi connectivity index (χ3n) is 4.84. The zero-order chi connectivity index (χ0) is 18.5. The highest BCUT2D eigenvalue weighted by atomic mass is 16.5. The topological polar surface area (TPSA) is 50.7 Å². The van der Waals surface area contributed by atoms with Crippen LogP contribution in [0.3, 0.4) is 0 Å². The molecule has 1 aliphatic rings. The molecule has 0 bridgehead atoms. The Hall–Kier alpha value is -3.14. The van der Waals surface area contributed by atoms with Crippen LogP contribution in [0.4, 0.5) is 0 Å². The van der Waals surface area contributed by atoms with Crippen molar-refractivity contribution in [2.75, 3.05) is 0 Å². The zero-order valence-corrected chi connectivity index (χ0v) is 15.2. The number of nitrogens with zero attached hydrogens (tertiary/aromatic N) is 1. The average molecular weight is 358 g/mol. The van der Waals surface area contributed by atoms with E-state index in [1.54, 1.807) is 0 Å². The van der Waals surface area contributed by atoms with Crippen molar-refractivity contribution in [3.05, 3.63) is 77.9 Å². The highest BCUT2D eigenvalue weighted by Gasteiger charge is 2.10. The second-order valence-electron chi connectivity index (χ2n) is 6.82. The number of benzene rings is 3. The molecule has 27 heavy (non-hydrogen) atoms.